The summed E-state index contributed by atoms with van der Waals surface area (Å²) in [5.41, 5.74) is 2.12. The summed E-state index contributed by atoms with van der Waals surface area (Å²) in [6.07, 6.45) is 5.69. The number of hydrogen-bond acceptors (Lipinski definition) is 4. The molecule has 1 fully saturated rings. The maximum atomic E-state index is 11.5. The van der Waals surface area contributed by atoms with E-state index in [1.807, 2.05) is 19.0 Å². The molecular formula is C12H21N3O3. The molecule has 2 amide bonds. The summed E-state index contributed by atoms with van der Waals surface area (Å²) in [4.78, 5) is 31.1. The van der Waals surface area contributed by atoms with E-state index in [9.17, 15) is 9.59 Å². The number of carbonyl (C=O) groups is 2. The SMILES string of the molecule is CN(C)C/C=C/C(=O)NOC(=O)N1CCCCC1. The van der Waals surface area contributed by atoms with Gasteiger partial charge in [0.15, 0.2) is 0 Å². The van der Waals surface area contributed by atoms with Gasteiger partial charge in [0.1, 0.15) is 0 Å². The number of hydroxylamine groups is 1. The highest BCUT2D eigenvalue weighted by atomic mass is 16.7. The molecule has 0 radical (unpaired) electrons. The van der Waals surface area contributed by atoms with Crippen molar-refractivity contribution >= 4 is 12.0 Å². The van der Waals surface area contributed by atoms with Crippen molar-refractivity contribution in [3.05, 3.63) is 12.2 Å². The Labute approximate surface area is 108 Å². The molecule has 6 heteroatoms. The maximum Gasteiger partial charge on any atom is 0.434 e. The van der Waals surface area contributed by atoms with Gasteiger partial charge in [-0.1, -0.05) is 6.08 Å². The number of nitrogens with one attached hydrogen (secondary N) is 1. The lowest BCUT2D eigenvalue weighted by atomic mass is 10.1. The second-order valence-electron chi connectivity index (χ2n) is 4.55. The van der Waals surface area contributed by atoms with Gasteiger partial charge in [-0.25, -0.2) is 4.79 Å². The Morgan fingerprint density at radius 1 is 1.28 bits per heavy atom. The Balaban J connectivity index is 2.20. The number of hydrogen-bond donors (Lipinski definition) is 1. The molecule has 0 bridgehead atoms. The van der Waals surface area contributed by atoms with Gasteiger partial charge in [-0.2, -0.15) is 5.48 Å². The number of likely N-dealkylation sites (tertiary alicyclic amines) is 1. The van der Waals surface area contributed by atoms with E-state index in [0.717, 1.165) is 19.3 Å². The summed E-state index contributed by atoms with van der Waals surface area (Å²) in [5.74, 6) is -0.429. The first-order valence-corrected chi connectivity index (χ1v) is 6.16. The molecule has 6 nitrogen and oxygen atoms in total. The Morgan fingerprint density at radius 3 is 2.56 bits per heavy atom. The number of likely N-dealkylation sites (N-methyl/N-ethyl adjacent to an activating group) is 1. The fourth-order valence-corrected chi connectivity index (χ4v) is 1.64. The molecule has 0 aromatic rings. The molecule has 0 atom stereocenters. The fraction of sp³-hybridized carbons (Fsp3) is 0.667. The highest BCUT2D eigenvalue weighted by molar-refractivity contribution is 5.87. The molecule has 0 aromatic heterocycles. The molecule has 0 spiro atoms. The van der Waals surface area contributed by atoms with E-state index in [-0.39, 0.29) is 0 Å². The molecule has 1 rings (SSSR count). The van der Waals surface area contributed by atoms with Crippen LogP contribution in [0.25, 0.3) is 0 Å². The lowest BCUT2D eigenvalue weighted by Gasteiger charge is -2.25. The first-order valence-electron chi connectivity index (χ1n) is 6.16. The molecule has 102 valence electrons. The minimum Gasteiger partial charge on any atom is -0.321 e. The zero-order chi connectivity index (χ0) is 13.4. The number of amides is 2. The van der Waals surface area contributed by atoms with E-state index in [1.54, 1.807) is 11.0 Å². The first-order chi connectivity index (χ1) is 8.59. The van der Waals surface area contributed by atoms with E-state index < -0.39 is 12.0 Å². The van der Waals surface area contributed by atoms with E-state index in [2.05, 4.69) is 5.48 Å². The molecule has 1 aliphatic rings. The van der Waals surface area contributed by atoms with Crippen LogP contribution in [0.1, 0.15) is 19.3 Å². The van der Waals surface area contributed by atoms with E-state index >= 15 is 0 Å². The van der Waals surface area contributed by atoms with Gasteiger partial charge in [0.05, 0.1) is 0 Å². The monoisotopic (exact) mass is 255 g/mol. The lowest BCUT2D eigenvalue weighted by Crippen LogP contribution is -2.39. The van der Waals surface area contributed by atoms with Crippen LogP contribution in [0.2, 0.25) is 0 Å². The topological polar surface area (TPSA) is 61.9 Å². The Kier molecular flexibility index (Phi) is 6.21. The van der Waals surface area contributed by atoms with Crippen molar-refractivity contribution in [1.29, 1.82) is 0 Å². The Morgan fingerprint density at radius 2 is 1.94 bits per heavy atom. The predicted octanol–water partition coefficient (Wildman–Crippen LogP) is 0.758. The van der Waals surface area contributed by atoms with Crippen LogP contribution in [-0.2, 0) is 9.63 Å². The van der Waals surface area contributed by atoms with Crippen LogP contribution in [-0.4, -0.2) is 55.5 Å². The summed E-state index contributed by atoms with van der Waals surface area (Å²) < 4.78 is 0. The maximum absolute atomic E-state index is 11.5. The van der Waals surface area contributed by atoms with Crippen molar-refractivity contribution in [2.24, 2.45) is 0 Å². The van der Waals surface area contributed by atoms with E-state index in [0.29, 0.717) is 19.6 Å². The third kappa shape index (κ3) is 5.67. The standard InChI is InChI=1S/C12H21N3O3/c1-14(2)8-6-7-11(16)13-18-12(17)15-9-4-3-5-10-15/h6-7H,3-5,8-10H2,1-2H3,(H,13,16)/b7-6+. The smallest absolute Gasteiger partial charge is 0.321 e. The van der Waals surface area contributed by atoms with Crippen LogP contribution in [0.3, 0.4) is 0 Å². The van der Waals surface area contributed by atoms with Gasteiger partial charge < -0.3 is 14.6 Å². The molecule has 1 heterocycles. The van der Waals surface area contributed by atoms with Crippen LogP contribution in [0.15, 0.2) is 12.2 Å². The van der Waals surface area contributed by atoms with Gasteiger partial charge in [0, 0.05) is 25.7 Å². The number of carbonyl (C=O) groups excluding carboxylic acids is 2. The van der Waals surface area contributed by atoms with Crippen LogP contribution in [0.5, 0.6) is 0 Å². The van der Waals surface area contributed by atoms with Gasteiger partial charge in [-0.3, -0.25) is 4.79 Å². The van der Waals surface area contributed by atoms with Crippen LogP contribution >= 0.6 is 0 Å². The molecule has 1 aliphatic heterocycles. The number of rotatable bonds is 3. The second-order valence-corrected chi connectivity index (χ2v) is 4.55. The average Bonchev–Trinajstić information content (AvgIpc) is 2.36. The van der Waals surface area contributed by atoms with Crippen LogP contribution < -0.4 is 5.48 Å². The van der Waals surface area contributed by atoms with Crippen molar-refractivity contribution in [3.8, 4) is 0 Å². The van der Waals surface area contributed by atoms with Crippen molar-refractivity contribution in [2.45, 2.75) is 19.3 Å². The Hall–Kier alpha value is -1.56. The molecule has 18 heavy (non-hydrogen) atoms. The van der Waals surface area contributed by atoms with Crippen LogP contribution in [0, 0.1) is 0 Å². The zero-order valence-corrected chi connectivity index (χ0v) is 11.0. The minimum atomic E-state index is -0.482. The molecule has 1 N–H and O–H groups in total. The Bertz CT molecular complexity index is 310. The highest BCUT2D eigenvalue weighted by Crippen LogP contribution is 2.09. The predicted molar refractivity (Wildman–Crippen MR) is 67.7 cm³/mol. The highest BCUT2D eigenvalue weighted by Gasteiger charge is 2.18. The first kappa shape index (κ1) is 14.5. The van der Waals surface area contributed by atoms with E-state index in [1.165, 1.54) is 6.08 Å². The normalized spacial score (nSPS) is 16.1. The average molecular weight is 255 g/mol. The van der Waals surface area contributed by atoms with Crippen LogP contribution in [0.4, 0.5) is 4.79 Å². The van der Waals surface area contributed by atoms with Gasteiger partial charge in [0.2, 0.25) is 0 Å². The third-order valence-electron chi connectivity index (χ3n) is 2.59. The van der Waals surface area contributed by atoms with Crippen molar-refractivity contribution in [1.82, 2.24) is 15.3 Å². The van der Waals surface area contributed by atoms with E-state index in [4.69, 9.17) is 4.84 Å². The minimum absolute atomic E-state index is 0.429. The second kappa shape index (κ2) is 7.71. The van der Waals surface area contributed by atoms with Gasteiger partial charge in [-0.15, -0.1) is 0 Å². The molecule has 0 saturated carbocycles. The largest absolute Gasteiger partial charge is 0.434 e. The number of nitrogens with zero attached hydrogens (tertiary/aromatic N) is 2. The van der Waals surface area contributed by atoms with Crippen molar-refractivity contribution in [3.63, 3.8) is 0 Å². The zero-order valence-electron chi connectivity index (χ0n) is 11.0. The van der Waals surface area contributed by atoms with Gasteiger partial charge >= 0.3 is 6.09 Å². The summed E-state index contributed by atoms with van der Waals surface area (Å²) in [7, 11) is 3.80. The summed E-state index contributed by atoms with van der Waals surface area (Å²) in [6.45, 7) is 2.06. The summed E-state index contributed by atoms with van der Waals surface area (Å²) >= 11 is 0. The van der Waals surface area contributed by atoms with Gasteiger partial charge in [-0.05, 0) is 33.4 Å². The lowest BCUT2D eigenvalue weighted by molar-refractivity contribution is -0.125. The van der Waals surface area contributed by atoms with Crippen molar-refractivity contribution in [2.75, 3.05) is 33.7 Å². The molecular weight excluding hydrogens is 234 g/mol. The molecule has 0 aliphatic carbocycles. The summed E-state index contributed by atoms with van der Waals surface area (Å²) in [5, 5.41) is 0. The number of piperidine rings is 1. The summed E-state index contributed by atoms with van der Waals surface area (Å²) in [6, 6.07) is 0. The molecule has 0 unspecified atom stereocenters. The molecule has 1 saturated heterocycles. The molecule has 0 aromatic carbocycles. The quantitative estimate of drug-likeness (QED) is 0.597. The van der Waals surface area contributed by atoms with Gasteiger partial charge in [0.25, 0.3) is 5.91 Å². The third-order valence-corrected chi connectivity index (χ3v) is 2.59. The van der Waals surface area contributed by atoms with Crippen molar-refractivity contribution < 1.29 is 14.4 Å². The fourth-order valence-electron chi connectivity index (χ4n) is 1.64.